The predicted molar refractivity (Wildman–Crippen MR) is 124 cm³/mol. The summed E-state index contributed by atoms with van der Waals surface area (Å²) in [6, 6.07) is 29.9. The largest absolute Gasteiger partial charge is 0.256 e. The Hall–Kier alpha value is -3.45. The van der Waals surface area contributed by atoms with Crippen molar-refractivity contribution in [1.29, 1.82) is 0 Å². The maximum atomic E-state index is 9.11. The average molecular weight is 375 g/mol. The first-order valence-corrected chi connectivity index (χ1v) is 10.1. The zero-order chi connectivity index (χ0) is 20.7. The molecule has 0 fully saturated rings. The molecule has 1 aromatic heterocycles. The molecule has 0 saturated heterocycles. The highest BCUT2D eigenvalue weighted by Crippen LogP contribution is 2.36. The van der Waals surface area contributed by atoms with Gasteiger partial charge < -0.3 is 0 Å². The molecule has 0 aliphatic heterocycles. The van der Waals surface area contributed by atoms with Gasteiger partial charge in [0.05, 0.1) is 7.06 Å². The smallest absolute Gasteiger partial charge is 0.0705 e. The predicted octanol–water partition coefficient (Wildman–Crippen LogP) is 7.85. The number of rotatable bonds is 3. The third-order valence-corrected chi connectivity index (χ3v) is 5.57. The fraction of sp³-hybridized carbons (Fsp3) is 0.107. The van der Waals surface area contributed by atoms with Crippen molar-refractivity contribution in [3.05, 3.63) is 103 Å². The lowest BCUT2D eigenvalue weighted by atomic mass is 9.92. The van der Waals surface area contributed by atoms with E-state index in [1.807, 2.05) is 24.4 Å². The number of nitrogens with zero attached hydrogens (tertiary/aromatic N) is 1. The van der Waals surface area contributed by atoms with E-state index in [1.54, 1.807) is 0 Å². The lowest BCUT2D eigenvalue weighted by Crippen LogP contribution is -1.91. The number of fused-ring (bicyclic) bond motifs is 3. The third kappa shape index (κ3) is 3.19. The molecule has 140 valence electrons. The molecule has 0 saturated carbocycles. The molecule has 4 aromatic carbocycles. The fourth-order valence-electron chi connectivity index (χ4n) is 3.98. The van der Waals surface area contributed by atoms with Crippen LogP contribution < -0.4 is 0 Å². The van der Waals surface area contributed by atoms with Crippen LogP contribution in [0.5, 0.6) is 0 Å². The summed E-state index contributed by atoms with van der Waals surface area (Å²) in [5.41, 5.74) is 5.34. The third-order valence-electron chi connectivity index (χ3n) is 5.57. The van der Waals surface area contributed by atoms with Crippen molar-refractivity contribution >= 4 is 21.5 Å². The standard InChI is InChI=1S/C28H23N/c1-19(2)21-14-15-29-28(18-21)22-12-13-24-23(16-22)17-27(20-8-4-3-5-9-20)26-11-7-6-10-25(24)26/h3-19H,1-2H3/i17D. The van der Waals surface area contributed by atoms with E-state index in [2.05, 4.69) is 85.6 Å². The van der Waals surface area contributed by atoms with Crippen LogP contribution in [0, 0.1) is 0 Å². The zero-order valence-corrected chi connectivity index (χ0v) is 16.7. The van der Waals surface area contributed by atoms with Crippen molar-refractivity contribution in [1.82, 2.24) is 4.98 Å². The van der Waals surface area contributed by atoms with Gasteiger partial charge in [0.25, 0.3) is 0 Å². The molecule has 0 bridgehead atoms. The molecule has 0 unspecified atom stereocenters. The Kier molecular flexibility index (Phi) is 4.08. The van der Waals surface area contributed by atoms with Crippen molar-refractivity contribution in [2.75, 3.05) is 0 Å². The first-order chi connectivity index (χ1) is 14.6. The highest BCUT2D eigenvalue weighted by atomic mass is 14.7. The van der Waals surface area contributed by atoms with Gasteiger partial charge in [0.15, 0.2) is 0 Å². The maximum absolute atomic E-state index is 9.11. The van der Waals surface area contributed by atoms with Crippen LogP contribution in [-0.4, -0.2) is 4.98 Å². The van der Waals surface area contributed by atoms with Gasteiger partial charge in [-0.25, -0.2) is 0 Å². The van der Waals surface area contributed by atoms with Gasteiger partial charge in [-0.15, -0.1) is 0 Å². The van der Waals surface area contributed by atoms with E-state index in [9.17, 15) is 0 Å². The minimum atomic E-state index is 0.451. The molecule has 0 aliphatic rings. The van der Waals surface area contributed by atoms with Gasteiger partial charge in [0, 0.05) is 11.8 Å². The molecule has 0 N–H and O–H groups in total. The summed E-state index contributed by atoms with van der Waals surface area (Å²) in [5.74, 6) is 0.451. The van der Waals surface area contributed by atoms with Gasteiger partial charge in [-0.05, 0) is 68.4 Å². The quantitative estimate of drug-likeness (QED) is 0.293. The van der Waals surface area contributed by atoms with Gasteiger partial charge >= 0.3 is 0 Å². The van der Waals surface area contributed by atoms with Gasteiger partial charge in [-0.1, -0.05) is 80.6 Å². The van der Waals surface area contributed by atoms with Gasteiger partial charge in [0.2, 0.25) is 0 Å². The van der Waals surface area contributed by atoms with E-state index < -0.39 is 0 Å². The second kappa shape index (κ2) is 7.18. The Balaban J connectivity index is 1.82. The SMILES string of the molecule is [2H]c1c(-c2ccccc2)c2ccccc2c2ccc(-c3cc(C(C)C)ccn3)cc12. The van der Waals surface area contributed by atoms with E-state index in [0.29, 0.717) is 12.0 Å². The molecule has 5 rings (SSSR count). The molecular formula is C28H23N. The molecule has 5 aromatic rings. The maximum Gasteiger partial charge on any atom is 0.0705 e. The summed E-state index contributed by atoms with van der Waals surface area (Å²) in [4.78, 5) is 4.61. The highest BCUT2D eigenvalue weighted by molar-refractivity contribution is 6.14. The summed E-state index contributed by atoms with van der Waals surface area (Å²) in [5, 5.41) is 4.37. The summed E-state index contributed by atoms with van der Waals surface area (Å²) in [6.07, 6.45) is 1.88. The monoisotopic (exact) mass is 374 g/mol. The zero-order valence-electron chi connectivity index (χ0n) is 17.7. The Morgan fingerprint density at radius 1 is 0.724 bits per heavy atom. The van der Waals surface area contributed by atoms with Crippen LogP contribution >= 0.6 is 0 Å². The van der Waals surface area contributed by atoms with Gasteiger partial charge in [-0.2, -0.15) is 0 Å². The molecular weight excluding hydrogens is 350 g/mol. The summed E-state index contributed by atoms with van der Waals surface area (Å²) < 4.78 is 9.11. The Bertz CT molecular complexity index is 1370. The average Bonchev–Trinajstić information content (AvgIpc) is 2.80. The molecule has 0 spiro atoms. The van der Waals surface area contributed by atoms with Crippen molar-refractivity contribution in [3.8, 4) is 22.4 Å². The van der Waals surface area contributed by atoms with Crippen LogP contribution in [0.3, 0.4) is 0 Å². The topological polar surface area (TPSA) is 12.9 Å². The molecule has 0 amide bonds. The number of hydrogen-bond acceptors (Lipinski definition) is 1. The lowest BCUT2D eigenvalue weighted by Gasteiger charge is -2.13. The van der Waals surface area contributed by atoms with Crippen LogP contribution in [0.4, 0.5) is 0 Å². The van der Waals surface area contributed by atoms with Gasteiger partial charge in [0.1, 0.15) is 0 Å². The number of hydrogen-bond donors (Lipinski definition) is 0. The van der Waals surface area contributed by atoms with E-state index in [-0.39, 0.29) is 0 Å². The fourth-order valence-corrected chi connectivity index (χ4v) is 3.98. The number of aromatic nitrogens is 1. The van der Waals surface area contributed by atoms with E-state index >= 15 is 0 Å². The minimum Gasteiger partial charge on any atom is -0.256 e. The van der Waals surface area contributed by atoms with Crippen LogP contribution in [-0.2, 0) is 0 Å². The van der Waals surface area contributed by atoms with Crippen molar-refractivity contribution < 1.29 is 1.37 Å². The molecule has 1 heterocycles. The van der Waals surface area contributed by atoms with Gasteiger partial charge in [-0.3, -0.25) is 4.98 Å². The first kappa shape index (κ1) is 16.5. The summed E-state index contributed by atoms with van der Waals surface area (Å²) >= 11 is 0. The minimum absolute atomic E-state index is 0.451. The Morgan fingerprint density at radius 2 is 1.48 bits per heavy atom. The molecule has 0 aliphatic carbocycles. The van der Waals surface area contributed by atoms with Crippen molar-refractivity contribution in [2.24, 2.45) is 0 Å². The Labute approximate surface area is 173 Å². The van der Waals surface area contributed by atoms with Crippen molar-refractivity contribution in [2.45, 2.75) is 19.8 Å². The lowest BCUT2D eigenvalue weighted by molar-refractivity contribution is 0.864. The number of benzene rings is 4. The van der Waals surface area contributed by atoms with E-state index in [0.717, 1.165) is 38.5 Å². The first-order valence-electron chi connectivity index (χ1n) is 10.6. The van der Waals surface area contributed by atoms with E-state index in [4.69, 9.17) is 1.37 Å². The molecule has 0 atom stereocenters. The number of pyridine rings is 1. The summed E-state index contributed by atoms with van der Waals surface area (Å²) in [7, 11) is 0. The highest BCUT2D eigenvalue weighted by Gasteiger charge is 2.10. The van der Waals surface area contributed by atoms with Crippen LogP contribution in [0.15, 0.2) is 97.2 Å². The second-order valence-electron chi connectivity index (χ2n) is 7.80. The van der Waals surface area contributed by atoms with Crippen LogP contribution in [0.25, 0.3) is 43.9 Å². The molecule has 29 heavy (non-hydrogen) atoms. The molecule has 0 radical (unpaired) electrons. The van der Waals surface area contributed by atoms with Crippen LogP contribution in [0.1, 0.15) is 26.7 Å². The normalized spacial score (nSPS) is 11.9. The molecule has 1 nitrogen and oxygen atoms in total. The van der Waals surface area contributed by atoms with Crippen molar-refractivity contribution in [3.63, 3.8) is 0 Å². The van der Waals surface area contributed by atoms with Crippen LogP contribution in [0.2, 0.25) is 0 Å². The Morgan fingerprint density at radius 3 is 2.28 bits per heavy atom. The molecule has 1 heteroatoms. The van der Waals surface area contributed by atoms with E-state index in [1.165, 1.54) is 10.9 Å². The summed E-state index contributed by atoms with van der Waals surface area (Å²) in [6.45, 7) is 4.39. The second-order valence-corrected chi connectivity index (χ2v) is 7.80.